The summed E-state index contributed by atoms with van der Waals surface area (Å²) in [6.45, 7) is 2.40. The van der Waals surface area contributed by atoms with Gasteiger partial charge >= 0.3 is 6.03 Å². The standard InChI is InChI=1S/C15H18N8O/c1-4-16-15(24)21-12-8-23-9-19-11(5-13(23)20-12)10-6-17-14(18-7-10)22(2)3/h5-9H,4H2,1-3H3,(H2,16,21,24). The van der Waals surface area contributed by atoms with Gasteiger partial charge in [0.25, 0.3) is 0 Å². The van der Waals surface area contributed by atoms with Gasteiger partial charge < -0.3 is 10.2 Å². The maximum Gasteiger partial charge on any atom is 0.320 e. The summed E-state index contributed by atoms with van der Waals surface area (Å²) in [5.74, 6) is 1.09. The molecular formula is C15H18N8O. The summed E-state index contributed by atoms with van der Waals surface area (Å²) in [5, 5.41) is 5.33. The Hall–Kier alpha value is -3.23. The van der Waals surface area contributed by atoms with Crippen LogP contribution in [0.25, 0.3) is 16.9 Å². The minimum Gasteiger partial charge on any atom is -0.347 e. The zero-order valence-electron chi connectivity index (χ0n) is 13.7. The molecule has 3 aromatic heterocycles. The van der Waals surface area contributed by atoms with Gasteiger partial charge in [-0.1, -0.05) is 0 Å². The van der Waals surface area contributed by atoms with Crippen molar-refractivity contribution in [1.82, 2.24) is 29.7 Å². The van der Waals surface area contributed by atoms with Gasteiger partial charge in [0.15, 0.2) is 5.82 Å². The molecule has 0 aliphatic heterocycles. The molecule has 0 unspecified atom stereocenters. The second-order valence-electron chi connectivity index (χ2n) is 5.32. The van der Waals surface area contributed by atoms with Crippen LogP contribution in [-0.2, 0) is 0 Å². The Morgan fingerprint density at radius 3 is 2.67 bits per heavy atom. The molecule has 9 nitrogen and oxygen atoms in total. The average Bonchev–Trinajstić information content (AvgIpc) is 2.96. The number of hydrogen-bond acceptors (Lipinski definition) is 6. The van der Waals surface area contributed by atoms with Crippen LogP contribution in [0.3, 0.4) is 0 Å². The zero-order chi connectivity index (χ0) is 17.1. The van der Waals surface area contributed by atoms with Crippen molar-refractivity contribution in [2.45, 2.75) is 6.92 Å². The Kier molecular flexibility index (Phi) is 4.23. The van der Waals surface area contributed by atoms with E-state index in [0.29, 0.717) is 29.7 Å². The zero-order valence-corrected chi connectivity index (χ0v) is 13.7. The van der Waals surface area contributed by atoms with Crippen LogP contribution < -0.4 is 15.5 Å². The quantitative estimate of drug-likeness (QED) is 0.751. The number of anilines is 2. The fourth-order valence-electron chi connectivity index (χ4n) is 2.11. The van der Waals surface area contributed by atoms with Crippen LogP contribution >= 0.6 is 0 Å². The summed E-state index contributed by atoms with van der Waals surface area (Å²) < 4.78 is 1.74. The number of nitrogens with zero attached hydrogens (tertiary/aromatic N) is 6. The summed E-state index contributed by atoms with van der Waals surface area (Å²) >= 11 is 0. The summed E-state index contributed by atoms with van der Waals surface area (Å²) in [4.78, 5) is 30.7. The average molecular weight is 326 g/mol. The first-order valence-corrected chi connectivity index (χ1v) is 7.46. The Morgan fingerprint density at radius 2 is 2.00 bits per heavy atom. The number of fused-ring (bicyclic) bond motifs is 1. The molecule has 0 atom stereocenters. The lowest BCUT2D eigenvalue weighted by atomic mass is 10.2. The molecule has 0 bridgehead atoms. The van der Waals surface area contributed by atoms with Crippen molar-refractivity contribution in [3.8, 4) is 11.3 Å². The van der Waals surface area contributed by atoms with E-state index in [1.807, 2.05) is 32.0 Å². The SMILES string of the molecule is CCNC(=O)Nc1cn2cnc(-c3cnc(N(C)C)nc3)cc2n1. The lowest BCUT2D eigenvalue weighted by Crippen LogP contribution is -2.28. The van der Waals surface area contributed by atoms with Crippen LogP contribution in [0.4, 0.5) is 16.6 Å². The van der Waals surface area contributed by atoms with Gasteiger partial charge in [-0.3, -0.25) is 9.72 Å². The third-order valence-corrected chi connectivity index (χ3v) is 3.26. The van der Waals surface area contributed by atoms with Gasteiger partial charge in [-0.05, 0) is 6.92 Å². The fourth-order valence-corrected chi connectivity index (χ4v) is 2.11. The molecule has 0 aliphatic carbocycles. The van der Waals surface area contributed by atoms with E-state index in [0.717, 1.165) is 5.56 Å². The van der Waals surface area contributed by atoms with E-state index in [1.54, 1.807) is 29.3 Å². The van der Waals surface area contributed by atoms with Crippen molar-refractivity contribution in [1.29, 1.82) is 0 Å². The van der Waals surface area contributed by atoms with E-state index < -0.39 is 0 Å². The number of carbonyl (C=O) groups is 1. The van der Waals surface area contributed by atoms with Crippen LogP contribution in [0.2, 0.25) is 0 Å². The molecule has 24 heavy (non-hydrogen) atoms. The smallest absolute Gasteiger partial charge is 0.320 e. The first-order chi connectivity index (χ1) is 11.6. The lowest BCUT2D eigenvalue weighted by Gasteiger charge is -2.09. The number of aromatic nitrogens is 5. The van der Waals surface area contributed by atoms with Gasteiger partial charge in [0.1, 0.15) is 12.0 Å². The highest BCUT2D eigenvalue weighted by Gasteiger charge is 2.08. The van der Waals surface area contributed by atoms with Crippen molar-refractivity contribution in [3.05, 3.63) is 31.0 Å². The molecule has 2 amide bonds. The molecule has 0 saturated heterocycles. The summed E-state index contributed by atoms with van der Waals surface area (Å²) in [5.41, 5.74) is 2.18. The van der Waals surface area contributed by atoms with E-state index in [2.05, 4.69) is 30.6 Å². The van der Waals surface area contributed by atoms with Crippen LogP contribution in [0.5, 0.6) is 0 Å². The molecule has 0 spiro atoms. The number of amides is 2. The molecule has 124 valence electrons. The van der Waals surface area contributed by atoms with Crippen LogP contribution in [0, 0.1) is 0 Å². The van der Waals surface area contributed by atoms with Gasteiger partial charge in [0.2, 0.25) is 5.95 Å². The molecule has 3 heterocycles. The summed E-state index contributed by atoms with van der Waals surface area (Å²) in [7, 11) is 3.76. The number of rotatable bonds is 4. The highest BCUT2D eigenvalue weighted by molar-refractivity contribution is 5.88. The van der Waals surface area contributed by atoms with Crippen LogP contribution in [0.1, 0.15) is 6.92 Å². The lowest BCUT2D eigenvalue weighted by molar-refractivity contribution is 0.252. The highest BCUT2D eigenvalue weighted by Crippen LogP contribution is 2.19. The normalized spacial score (nSPS) is 10.6. The van der Waals surface area contributed by atoms with Gasteiger partial charge in [0, 0.05) is 44.7 Å². The predicted octanol–water partition coefficient (Wildman–Crippen LogP) is 1.39. The molecule has 0 saturated carbocycles. The maximum atomic E-state index is 11.6. The topological polar surface area (TPSA) is 100 Å². The van der Waals surface area contributed by atoms with E-state index in [4.69, 9.17) is 0 Å². The minimum atomic E-state index is -0.290. The second-order valence-corrected chi connectivity index (χ2v) is 5.32. The molecule has 0 radical (unpaired) electrons. The summed E-state index contributed by atoms with van der Waals surface area (Å²) in [6, 6.07) is 1.53. The second kappa shape index (κ2) is 6.49. The van der Waals surface area contributed by atoms with E-state index >= 15 is 0 Å². The number of carbonyl (C=O) groups excluding carboxylic acids is 1. The number of nitrogens with one attached hydrogen (secondary N) is 2. The van der Waals surface area contributed by atoms with Crippen molar-refractivity contribution < 1.29 is 4.79 Å². The molecule has 3 aromatic rings. The van der Waals surface area contributed by atoms with Crippen molar-refractivity contribution in [3.63, 3.8) is 0 Å². The fraction of sp³-hybridized carbons (Fsp3) is 0.267. The van der Waals surface area contributed by atoms with Crippen molar-refractivity contribution in [2.75, 3.05) is 30.9 Å². The van der Waals surface area contributed by atoms with E-state index in [9.17, 15) is 4.79 Å². The Morgan fingerprint density at radius 1 is 1.25 bits per heavy atom. The van der Waals surface area contributed by atoms with Gasteiger partial charge in [0.05, 0.1) is 11.9 Å². The molecule has 0 aromatic carbocycles. The Balaban J connectivity index is 1.86. The van der Waals surface area contributed by atoms with Gasteiger partial charge in [-0.2, -0.15) is 0 Å². The maximum absolute atomic E-state index is 11.6. The largest absolute Gasteiger partial charge is 0.347 e. The molecule has 3 rings (SSSR count). The summed E-state index contributed by atoms with van der Waals surface area (Å²) in [6.07, 6.45) is 6.78. The van der Waals surface area contributed by atoms with Crippen LogP contribution in [-0.4, -0.2) is 51.0 Å². The third-order valence-electron chi connectivity index (χ3n) is 3.26. The number of imidazole rings is 1. The molecule has 9 heteroatoms. The third kappa shape index (κ3) is 3.24. The molecule has 0 fully saturated rings. The van der Waals surface area contributed by atoms with Crippen molar-refractivity contribution in [2.24, 2.45) is 0 Å². The first kappa shape index (κ1) is 15.7. The van der Waals surface area contributed by atoms with E-state index in [1.165, 1.54) is 0 Å². The first-order valence-electron chi connectivity index (χ1n) is 7.46. The van der Waals surface area contributed by atoms with Gasteiger partial charge in [-0.15, -0.1) is 0 Å². The molecular weight excluding hydrogens is 308 g/mol. The Bertz CT molecular complexity index is 856. The monoisotopic (exact) mass is 326 g/mol. The van der Waals surface area contributed by atoms with Gasteiger partial charge in [-0.25, -0.2) is 24.7 Å². The van der Waals surface area contributed by atoms with Crippen LogP contribution in [0.15, 0.2) is 31.0 Å². The predicted molar refractivity (Wildman–Crippen MR) is 91.0 cm³/mol. The molecule has 0 aliphatic rings. The highest BCUT2D eigenvalue weighted by atomic mass is 16.2. The Labute approximate surface area is 138 Å². The minimum absolute atomic E-state index is 0.290. The van der Waals surface area contributed by atoms with Crippen molar-refractivity contribution >= 4 is 23.4 Å². The molecule has 2 N–H and O–H groups in total. The van der Waals surface area contributed by atoms with E-state index in [-0.39, 0.29) is 6.03 Å². The number of hydrogen-bond donors (Lipinski definition) is 2. The number of urea groups is 1.